The van der Waals surface area contributed by atoms with Gasteiger partial charge in [-0.05, 0) is 31.9 Å². The molecule has 2 atom stereocenters. The highest BCUT2D eigenvalue weighted by Gasteiger charge is 2.29. The summed E-state index contributed by atoms with van der Waals surface area (Å²) in [6, 6.07) is 17.2. The standard InChI is InChI=1S/C28H36N6O4/c1-5-33(4)26(36)24(21-14-10-7-11-15-21)34-16-23(30-19-34)32-25(35)22(31-27(37)28(2,3)29)18-38-17-20-12-8-6-9-13-20/h6-16,19,22,24H,5,17-18,29H2,1-4H3,(H,31,37)(H,32,35)/t22-,24?/m1/s1. The van der Waals surface area contributed by atoms with Gasteiger partial charge in [0.1, 0.15) is 12.1 Å². The number of aromatic nitrogens is 2. The first kappa shape index (κ1) is 28.5. The Hall–Kier alpha value is -4.02. The predicted octanol–water partition coefficient (Wildman–Crippen LogP) is 2.33. The molecule has 0 saturated heterocycles. The van der Waals surface area contributed by atoms with Gasteiger partial charge < -0.3 is 30.6 Å². The first-order valence-electron chi connectivity index (χ1n) is 12.5. The lowest BCUT2D eigenvalue weighted by Crippen LogP contribution is -2.56. The minimum absolute atomic E-state index is 0.0737. The van der Waals surface area contributed by atoms with Gasteiger partial charge in [0.05, 0.1) is 25.1 Å². The molecule has 0 bridgehead atoms. The number of carbonyl (C=O) groups excluding carboxylic acids is 3. The van der Waals surface area contributed by atoms with Crippen LogP contribution in [0, 0.1) is 0 Å². The molecule has 1 aromatic heterocycles. The Morgan fingerprint density at radius 3 is 2.32 bits per heavy atom. The van der Waals surface area contributed by atoms with Gasteiger partial charge in [0, 0.05) is 19.8 Å². The van der Waals surface area contributed by atoms with Crippen LogP contribution in [0.15, 0.2) is 73.2 Å². The van der Waals surface area contributed by atoms with Gasteiger partial charge in [0.2, 0.25) is 11.8 Å². The number of nitrogens with one attached hydrogen (secondary N) is 2. The van der Waals surface area contributed by atoms with Crippen LogP contribution in [0.5, 0.6) is 0 Å². The molecule has 1 heterocycles. The minimum Gasteiger partial charge on any atom is -0.374 e. The average molecular weight is 521 g/mol. The molecule has 38 heavy (non-hydrogen) atoms. The van der Waals surface area contributed by atoms with Crippen LogP contribution in [0.2, 0.25) is 0 Å². The summed E-state index contributed by atoms with van der Waals surface area (Å²) >= 11 is 0. The molecule has 0 aliphatic heterocycles. The van der Waals surface area contributed by atoms with Gasteiger partial charge in [-0.1, -0.05) is 60.7 Å². The molecular weight excluding hydrogens is 484 g/mol. The van der Waals surface area contributed by atoms with E-state index >= 15 is 0 Å². The number of nitrogens with zero attached hydrogens (tertiary/aromatic N) is 3. The molecule has 0 saturated carbocycles. The molecule has 10 heteroatoms. The molecule has 10 nitrogen and oxygen atoms in total. The zero-order valence-electron chi connectivity index (χ0n) is 22.3. The summed E-state index contributed by atoms with van der Waals surface area (Å²) in [7, 11) is 1.74. The van der Waals surface area contributed by atoms with Crippen LogP contribution in [0.1, 0.15) is 37.9 Å². The highest BCUT2D eigenvalue weighted by molar-refractivity contribution is 5.98. The number of nitrogens with two attached hydrogens (primary N) is 1. The number of carbonyl (C=O) groups is 3. The fourth-order valence-electron chi connectivity index (χ4n) is 3.59. The SMILES string of the molecule is CCN(C)C(=O)C(c1ccccc1)n1cnc(NC(=O)[C@@H](COCc2ccccc2)NC(=O)C(C)(C)N)c1. The Bertz CT molecular complexity index is 1210. The van der Waals surface area contributed by atoms with Crippen molar-refractivity contribution < 1.29 is 19.1 Å². The van der Waals surface area contributed by atoms with E-state index < -0.39 is 29.4 Å². The maximum Gasteiger partial charge on any atom is 0.250 e. The molecule has 202 valence electrons. The second-order valence-corrected chi connectivity index (χ2v) is 9.61. The van der Waals surface area contributed by atoms with Crippen molar-refractivity contribution in [2.75, 3.05) is 25.5 Å². The lowest BCUT2D eigenvalue weighted by atomic mass is 10.1. The molecule has 3 rings (SSSR count). The molecule has 2 aromatic carbocycles. The van der Waals surface area contributed by atoms with Crippen LogP contribution in [0.25, 0.3) is 0 Å². The normalized spacial score (nSPS) is 12.9. The molecular formula is C28H36N6O4. The number of likely N-dealkylation sites (N-methyl/N-ethyl adjacent to an activating group) is 1. The van der Waals surface area contributed by atoms with Crippen molar-refractivity contribution in [3.8, 4) is 0 Å². The third-order valence-corrected chi connectivity index (χ3v) is 5.95. The van der Waals surface area contributed by atoms with E-state index in [1.54, 1.807) is 36.6 Å². The second kappa shape index (κ2) is 13.0. The maximum atomic E-state index is 13.2. The number of benzene rings is 2. The summed E-state index contributed by atoms with van der Waals surface area (Å²) in [5, 5.41) is 5.39. The topological polar surface area (TPSA) is 132 Å². The van der Waals surface area contributed by atoms with Crippen molar-refractivity contribution in [2.24, 2.45) is 5.73 Å². The fraction of sp³-hybridized carbons (Fsp3) is 0.357. The second-order valence-electron chi connectivity index (χ2n) is 9.61. The zero-order chi connectivity index (χ0) is 27.7. The highest BCUT2D eigenvalue weighted by atomic mass is 16.5. The predicted molar refractivity (Wildman–Crippen MR) is 145 cm³/mol. The number of anilines is 1. The molecule has 0 radical (unpaired) electrons. The van der Waals surface area contributed by atoms with Gasteiger partial charge in [-0.2, -0.15) is 0 Å². The van der Waals surface area contributed by atoms with Crippen LogP contribution >= 0.6 is 0 Å². The smallest absolute Gasteiger partial charge is 0.250 e. The number of ether oxygens (including phenoxy) is 1. The van der Waals surface area contributed by atoms with Crippen LogP contribution < -0.4 is 16.4 Å². The molecule has 0 fully saturated rings. The van der Waals surface area contributed by atoms with Crippen LogP contribution in [-0.2, 0) is 25.7 Å². The van der Waals surface area contributed by atoms with Crippen LogP contribution in [0.3, 0.4) is 0 Å². The van der Waals surface area contributed by atoms with Gasteiger partial charge in [-0.25, -0.2) is 4.98 Å². The quantitative estimate of drug-likeness (QED) is 0.336. The number of hydrogen-bond donors (Lipinski definition) is 3. The Balaban J connectivity index is 1.76. The van der Waals surface area contributed by atoms with E-state index in [0.29, 0.717) is 6.54 Å². The third-order valence-electron chi connectivity index (χ3n) is 5.95. The van der Waals surface area contributed by atoms with Crippen molar-refractivity contribution in [1.29, 1.82) is 0 Å². The van der Waals surface area contributed by atoms with E-state index in [1.165, 1.54) is 6.33 Å². The maximum absolute atomic E-state index is 13.2. The number of rotatable bonds is 12. The first-order chi connectivity index (χ1) is 18.1. The Kier molecular flexibility index (Phi) is 9.75. The summed E-state index contributed by atoms with van der Waals surface area (Å²) in [6.45, 7) is 5.75. The summed E-state index contributed by atoms with van der Waals surface area (Å²) in [5.41, 5.74) is 6.46. The largest absolute Gasteiger partial charge is 0.374 e. The third kappa shape index (κ3) is 7.74. The Morgan fingerprint density at radius 2 is 1.71 bits per heavy atom. The molecule has 0 aliphatic carbocycles. The summed E-state index contributed by atoms with van der Waals surface area (Å²) in [5.74, 6) is -0.895. The van der Waals surface area contributed by atoms with E-state index in [1.807, 2.05) is 67.6 Å². The molecule has 3 amide bonds. The minimum atomic E-state index is -1.19. The summed E-state index contributed by atoms with van der Waals surface area (Å²) < 4.78 is 7.39. The fourth-order valence-corrected chi connectivity index (χ4v) is 3.59. The number of hydrogen-bond acceptors (Lipinski definition) is 6. The van der Waals surface area contributed by atoms with Gasteiger partial charge in [-0.15, -0.1) is 0 Å². The van der Waals surface area contributed by atoms with Crippen molar-refractivity contribution >= 4 is 23.5 Å². The molecule has 3 aromatic rings. The van der Waals surface area contributed by atoms with Crippen molar-refractivity contribution in [3.05, 3.63) is 84.3 Å². The van der Waals surface area contributed by atoms with Crippen molar-refractivity contribution in [3.63, 3.8) is 0 Å². The first-order valence-corrected chi connectivity index (χ1v) is 12.5. The zero-order valence-corrected chi connectivity index (χ0v) is 22.3. The van der Waals surface area contributed by atoms with E-state index in [-0.39, 0.29) is 24.9 Å². The van der Waals surface area contributed by atoms with E-state index in [2.05, 4.69) is 15.6 Å². The lowest BCUT2D eigenvalue weighted by Gasteiger charge is -2.24. The lowest BCUT2D eigenvalue weighted by molar-refractivity contribution is -0.132. The molecule has 0 aliphatic rings. The molecule has 4 N–H and O–H groups in total. The summed E-state index contributed by atoms with van der Waals surface area (Å²) in [6.07, 6.45) is 3.09. The van der Waals surface area contributed by atoms with Crippen molar-refractivity contribution in [2.45, 2.75) is 45.0 Å². The van der Waals surface area contributed by atoms with Gasteiger partial charge in [0.15, 0.2) is 5.82 Å². The van der Waals surface area contributed by atoms with Crippen LogP contribution in [-0.4, -0.2) is 64.0 Å². The van der Waals surface area contributed by atoms with E-state index in [9.17, 15) is 14.4 Å². The van der Waals surface area contributed by atoms with Crippen LogP contribution in [0.4, 0.5) is 5.82 Å². The monoisotopic (exact) mass is 520 g/mol. The average Bonchev–Trinajstić information content (AvgIpc) is 3.35. The Morgan fingerprint density at radius 1 is 1.08 bits per heavy atom. The molecule has 1 unspecified atom stereocenters. The highest BCUT2D eigenvalue weighted by Crippen LogP contribution is 2.22. The van der Waals surface area contributed by atoms with E-state index in [0.717, 1.165) is 11.1 Å². The van der Waals surface area contributed by atoms with Gasteiger partial charge >= 0.3 is 0 Å². The number of imidazole rings is 1. The van der Waals surface area contributed by atoms with Gasteiger partial charge in [0.25, 0.3) is 5.91 Å². The van der Waals surface area contributed by atoms with E-state index in [4.69, 9.17) is 10.5 Å². The van der Waals surface area contributed by atoms with Crippen molar-refractivity contribution in [1.82, 2.24) is 19.8 Å². The molecule has 0 spiro atoms. The Labute approximate surface area is 223 Å². The van der Waals surface area contributed by atoms with Gasteiger partial charge in [-0.3, -0.25) is 14.4 Å². The summed E-state index contributed by atoms with van der Waals surface area (Å²) in [4.78, 5) is 44.8. The number of amides is 3.